The van der Waals surface area contributed by atoms with Gasteiger partial charge in [0.25, 0.3) is 0 Å². The Morgan fingerprint density at radius 3 is 2.61 bits per heavy atom. The zero-order valence-electron chi connectivity index (χ0n) is 13.2. The summed E-state index contributed by atoms with van der Waals surface area (Å²) in [5.41, 5.74) is -0.657. The molecule has 1 aliphatic rings. The van der Waals surface area contributed by atoms with E-state index in [-0.39, 0.29) is 4.90 Å². The van der Waals surface area contributed by atoms with Crippen molar-refractivity contribution in [3.63, 3.8) is 0 Å². The Morgan fingerprint density at radius 1 is 1.39 bits per heavy atom. The molecule has 0 radical (unpaired) electrons. The van der Waals surface area contributed by atoms with Crippen molar-refractivity contribution >= 4 is 43.5 Å². The second-order valence-corrected chi connectivity index (χ2v) is 9.53. The molecule has 0 spiro atoms. The van der Waals surface area contributed by atoms with Gasteiger partial charge in [-0.05, 0) is 67.7 Å². The molecule has 2 rings (SSSR count). The lowest BCUT2D eigenvalue weighted by atomic mass is 10.2. The molecule has 128 valence electrons. The number of benzene rings is 1. The zero-order chi connectivity index (χ0) is 17.4. The first kappa shape index (κ1) is 18.7. The summed E-state index contributed by atoms with van der Waals surface area (Å²) in [6.07, 6.45) is 1.08. The molecule has 0 aliphatic carbocycles. The lowest BCUT2D eigenvalue weighted by molar-refractivity contribution is -0.158. The van der Waals surface area contributed by atoms with Gasteiger partial charge in [0, 0.05) is 16.0 Å². The maximum absolute atomic E-state index is 12.9. The third kappa shape index (κ3) is 4.26. The first-order valence-electron chi connectivity index (χ1n) is 7.22. The highest BCUT2D eigenvalue weighted by atomic mass is 79.9. The van der Waals surface area contributed by atoms with Crippen molar-refractivity contribution in [2.75, 3.05) is 6.54 Å². The molecular weight excluding hydrogens is 406 g/mol. The topological polar surface area (TPSA) is 63.7 Å². The molecule has 0 bridgehead atoms. The number of nitrogens with zero attached hydrogens (tertiary/aromatic N) is 1. The molecule has 23 heavy (non-hydrogen) atoms. The molecule has 8 heteroatoms. The highest BCUT2D eigenvalue weighted by Crippen LogP contribution is 2.32. The standard InChI is InChI=1S/C15H19BrClNO4S/c1-15(2,3)22-14(19)12-5-4-8-18(12)23(20,21)13-7-6-10(17)9-11(13)16/h6-7,9,12H,4-5,8H2,1-3H3/t12-/m0/s1. The number of carbonyl (C=O) groups is 1. The minimum absolute atomic E-state index is 0.0948. The second-order valence-electron chi connectivity index (χ2n) is 6.38. The summed E-state index contributed by atoms with van der Waals surface area (Å²) < 4.78 is 32.7. The number of esters is 1. The normalized spacial score (nSPS) is 19.8. The number of sulfonamides is 1. The summed E-state index contributed by atoms with van der Waals surface area (Å²) in [7, 11) is -3.81. The maximum Gasteiger partial charge on any atom is 0.324 e. The minimum atomic E-state index is -3.81. The summed E-state index contributed by atoms with van der Waals surface area (Å²) >= 11 is 9.10. The van der Waals surface area contributed by atoms with Gasteiger partial charge in [-0.25, -0.2) is 8.42 Å². The van der Waals surface area contributed by atoms with Crippen LogP contribution >= 0.6 is 27.5 Å². The molecule has 1 aliphatic heterocycles. The van der Waals surface area contributed by atoms with Gasteiger partial charge in [-0.3, -0.25) is 4.79 Å². The van der Waals surface area contributed by atoms with E-state index in [2.05, 4.69) is 15.9 Å². The molecule has 0 aromatic heterocycles. The summed E-state index contributed by atoms with van der Waals surface area (Å²) in [5, 5.41) is 0.431. The van der Waals surface area contributed by atoms with Crippen molar-refractivity contribution in [1.29, 1.82) is 0 Å². The van der Waals surface area contributed by atoms with E-state index >= 15 is 0 Å². The Bertz CT molecular complexity index is 715. The fraction of sp³-hybridized carbons (Fsp3) is 0.533. The van der Waals surface area contributed by atoms with Gasteiger partial charge in [-0.15, -0.1) is 0 Å². The van der Waals surface area contributed by atoms with Crippen molar-refractivity contribution in [3.8, 4) is 0 Å². The van der Waals surface area contributed by atoms with Crippen LogP contribution in [-0.4, -0.2) is 36.9 Å². The van der Waals surface area contributed by atoms with Crippen LogP contribution in [0.15, 0.2) is 27.6 Å². The van der Waals surface area contributed by atoms with E-state index in [0.29, 0.717) is 28.9 Å². The van der Waals surface area contributed by atoms with E-state index in [0.717, 1.165) is 0 Å². The van der Waals surface area contributed by atoms with Crippen LogP contribution in [0.3, 0.4) is 0 Å². The lowest BCUT2D eigenvalue weighted by Gasteiger charge is -2.27. The van der Waals surface area contributed by atoms with E-state index in [1.165, 1.54) is 22.5 Å². The van der Waals surface area contributed by atoms with Crippen LogP contribution in [0.25, 0.3) is 0 Å². The Hall–Kier alpha value is -0.630. The SMILES string of the molecule is CC(C)(C)OC(=O)[C@@H]1CCCN1S(=O)(=O)c1ccc(Cl)cc1Br. The quantitative estimate of drug-likeness (QED) is 0.696. The molecule has 1 aromatic carbocycles. The van der Waals surface area contributed by atoms with Crippen LogP contribution in [0, 0.1) is 0 Å². The van der Waals surface area contributed by atoms with Gasteiger partial charge < -0.3 is 4.74 Å². The smallest absolute Gasteiger partial charge is 0.324 e. The highest BCUT2D eigenvalue weighted by Gasteiger charge is 2.42. The van der Waals surface area contributed by atoms with Gasteiger partial charge in [0.05, 0.1) is 4.90 Å². The van der Waals surface area contributed by atoms with Crippen LogP contribution in [0.5, 0.6) is 0 Å². The van der Waals surface area contributed by atoms with Gasteiger partial charge in [-0.2, -0.15) is 4.31 Å². The van der Waals surface area contributed by atoms with Gasteiger partial charge >= 0.3 is 5.97 Å². The highest BCUT2D eigenvalue weighted by molar-refractivity contribution is 9.10. The Kier molecular flexibility index (Phi) is 5.45. The summed E-state index contributed by atoms with van der Waals surface area (Å²) in [6, 6.07) is 3.68. The first-order valence-corrected chi connectivity index (χ1v) is 9.83. The molecular formula is C15H19BrClNO4S. The minimum Gasteiger partial charge on any atom is -0.459 e. The van der Waals surface area contributed by atoms with Crippen molar-refractivity contribution < 1.29 is 17.9 Å². The van der Waals surface area contributed by atoms with E-state index in [9.17, 15) is 13.2 Å². The number of halogens is 2. The average Bonchev–Trinajstić information content (AvgIpc) is 2.85. The fourth-order valence-corrected chi connectivity index (χ4v) is 5.43. The Balaban J connectivity index is 2.33. The molecule has 1 aromatic rings. The summed E-state index contributed by atoms with van der Waals surface area (Å²) in [4.78, 5) is 12.4. The number of rotatable bonds is 3. The monoisotopic (exact) mass is 423 g/mol. The van der Waals surface area contributed by atoms with E-state index < -0.39 is 27.6 Å². The molecule has 0 N–H and O–H groups in total. The van der Waals surface area contributed by atoms with Crippen LogP contribution in [0.2, 0.25) is 5.02 Å². The molecule has 0 unspecified atom stereocenters. The number of ether oxygens (including phenoxy) is 1. The van der Waals surface area contributed by atoms with Crippen molar-refractivity contribution in [2.45, 2.75) is 50.2 Å². The van der Waals surface area contributed by atoms with E-state index in [4.69, 9.17) is 16.3 Å². The first-order chi connectivity index (χ1) is 10.5. The maximum atomic E-state index is 12.9. The van der Waals surface area contributed by atoms with Crippen LogP contribution in [0.1, 0.15) is 33.6 Å². The van der Waals surface area contributed by atoms with E-state index in [1.54, 1.807) is 20.8 Å². The van der Waals surface area contributed by atoms with Crippen LogP contribution < -0.4 is 0 Å². The predicted octanol–water partition coefficient (Wildman–Crippen LogP) is 3.60. The molecule has 1 heterocycles. The third-order valence-electron chi connectivity index (χ3n) is 3.36. The zero-order valence-corrected chi connectivity index (χ0v) is 16.3. The van der Waals surface area contributed by atoms with Crippen molar-refractivity contribution in [2.24, 2.45) is 0 Å². The molecule has 0 amide bonds. The second kappa shape index (κ2) is 6.70. The molecule has 1 fully saturated rings. The molecule has 0 saturated carbocycles. The molecule has 5 nitrogen and oxygen atoms in total. The number of carbonyl (C=O) groups excluding carboxylic acids is 1. The Labute approximate surface area is 150 Å². The van der Waals surface area contributed by atoms with Crippen molar-refractivity contribution in [3.05, 3.63) is 27.7 Å². The summed E-state index contributed by atoms with van der Waals surface area (Å²) in [5.74, 6) is -0.510. The van der Waals surface area contributed by atoms with E-state index in [1.807, 2.05) is 0 Å². The number of hydrogen-bond acceptors (Lipinski definition) is 4. The fourth-order valence-electron chi connectivity index (χ4n) is 2.44. The number of hydrogen-bond donors (Lipinski definition) is 0. The predicted molar refractivity (Wildman–Crippen MR) is 91.9 cm³/mol. The van der Waals surface area contributed by atoms with Crippen molar-refractivity contribution in [1.82, 2.24) is 4.31 Å². The van der Waals surface area contributed by atoms with Crippen LogP contribution in [0.4, 0.5) is 0 Å². The van der Waals surface area contributed by atoms with Gasteiger partial charge in [-0.1, -0.05) is 11.6 Å². The van der Waals surface area contributed by atoms with Gasteiger partial charge in [0.1, 0.15) is 11.6 Å². The summed E-state index contributed by atoms with van der Waals surface area (Å²) in [6.45, 7) is 5.57. The van der Waals surface area contributed by atoms with Gasteiger partial charge in [0.15, 0.2) is 0 Å². The lowest BCUT2D eigenvalue weighted by Crippen LogP contribution is -2.43. The third-order valence-corrected chi connectivity index (χ3v) is 6.48. The average molecular weight is 425 g/mol. The largest absolute Gasteiger partial charge is 0.459 e. The molecule has 1 saturated heterocycles. The molecule has 1 atom stereocenters. The van der Waals surface area contributed by atoms with Gasteiger partial charge in [0.2, 0.25) is 10.0 Å². The Morgan fingerprint density at radius 2 is 2.04 bits per heavy atom. The van der Waals surface area contributed by atoms with Crippen LogP contribution in [-0.2, 0) is 19.6 Å².